The maximum absolute atomic E-state index is 12.8. The van der Waals surface area contributed by atoms with Crippen LogP contribution in [0.3, 0.4) is 0 Å². The highest BCUT2D eigenvalue weighted by atomic mass is 16.2. The number of hydrogen-bond acceptors (Lipinski definition) is 4. The Kier molecular flexibility index (Phi) is 8.25. The lowest BCUT2D eigenvalue weighted by Crippen LogP contribution is -2.31. The average Bonchev–Trinajstić information content (AvgIpc) is 3.08. The van der Waals surface area contributed by atoms with Crippen LogP contribution in [0.15, 0.2) is 48.5 Å². The van der Waals surface area contributed by atoms with E-state index in [0.717, 1.165) is 31.6 Å². The number of hydrogen-bond donors (Lipinski definition) is 3. The second kappa shape index (κ2) is 11.3. The normalized spacial score (nSPS) is 13.9. The van der Waals surface area contributed by atoms with Gasteiger partial charge < -0.3 is 20.9 Å². The van der Waals surface area contributed by atoms with E-state index in [0.29, 0.717) is 16.9 Å². The van der Waals surface area contributed by atoms with Gasteiger partial charge >= 0.3 is 0 Å². The molecule has 0 atom stereocenters. The third kappa shape index (κ3) is 6.83. The number of nitrogens with one attached hydrogen (secondary N) is 3. The molecule has 0 radical (unpaired) electrons. The molecule has 3 N–H and O–H groups in total. The van der Waals surface area contributed by atoms with Crippen LogP contribution < -0.4 is 16.0 Å². The van der Waals surface area contributed by atoms with Gasteiger partial charge in [0.15, 0.2) is 0 Å². The van der Waals surface area contributed by atoms with Crippen LogP contribution in [0.1, 0.15) is 49.9 Å². The topological polar surface area (TPSA) is 90.5 Å². The molecule has 0 bridgehead atoms. The number of benzene rings is 2. The standard InChI is InChI=1S/C25H32N4O3/c1-18(2)24(31)28-21-12-10-20(11-13-21)27-23(30)17-26-22-9-7-8-19(16-22)25(32)29-14-5-3-4-6-15-29/h7-13,16,18,26H,3-6,14-15,17H2,1-2H3,(H,27,30)(H,28,31). The van der Waals surface area contributed by atoms with E-state index < -0.39 is 0 Å². The van der Waals surface area contributed by atoms with Crippen LogP contribution in [0.25, 0.3) is 0 Å². The molecule has 32 heavy (non-hydrogen) atoms. The van der Waals surface area contributed by atoms with E-state index in [1.54, 1.807) is 30.3 Å². The van der Waals surface area contributed by atoms with Gasteiger partial charge in [-0.05, 0) is 55.3 Å². The van der Waals surface area contributed by atoms with E-state index >= 15 is 0 Å². The summed E-state index contributed by atoms with van der Waals surface area (Å²) >= 11 is 0. The molecule has 3 rings (SSSR count). The minimum Gasteiger partial charge on any atom is -0.376 e. The van der Waals surface area contributed by atoms with Crippen LogP contribution >= 0.6 is 0 Å². The Labute approximate surface area is 189 Å². The third-order valence-electron chi connectivity index (χ3n) is 5.42. The molecule has 0 saturated carbocycles. The summed E-state index contributed by atoms with van der Waals surface area (Å²) in [5.74, 6) is -0.306. The summed E-state index contributed by atoms with van der Waals surface area (Å²) in [5, 5.41) is 8.72. The van der Waals surface area contributed by atoms with Crippen molar-refractivity contribution >= 4 is 34.8 Å². The molecular formula is C25H32N4O3. The van der Waals surface area contributed by atoms with Crippen LogP contribution in [0.4, 0.5) is 17.1 Å². The first kappa shape index (κ1) is 23.3. The molecule has 2 aromatic rings. The Morgan fingerprint density at radius 3 is 2.09 bits per heavy atom. The zero-order valence-corrected chi connectivity index (χ0v) is 18.8. The summed E-state index contributed by atoms with van der Waals surface area (Å²) in [6.07, 6.45) is 4.45. The maximum Gasteiger partial charge on any atom is 0.253 e. The molecule has 0 aliphatic carbocycles. The molecule has 0 spiro atoms. The largest absolute Gasteiger partial charge is 0.376 e. The molecule has 0 unspecified atom stereocenters. The van der Waals surface area contributed by atoms with Crippen molar-refractivity contribution in [3.8, 4) is 0 Å². The van der Waals surface area contributed by atoms with Crippen molar-refractivity contribution in [1.82, 2.24) is 4.90 Å². The van der Waals surface area contributed by atoms with Crippen molar-refractivity contribution < 1.29 is 14.4 Å². The third-order valence-corrected chi connectivity index (χ3v) is 5.42. The van der Waals surface area contributed by atoms with Gasteiger partial charge in [-0.15, -0.1) is 0 Å². The second-order valence-corrected chi connectivity index (χ2v) is 8.41. The lowest BCUT2D eigenvalue weighted by molar-refractivity contribution is -0.119. The summed E-state index contributed by atoms with van der Waals surface area (Å²) < 4.78 is 0. The van der Waals surface area contributed by atoms with Gasteiger partial charge in [-0.3, -0.25) is 14.4 Å². The first-order chi connectivity index (χ1) is 15.4. The first-order valence-electron chi connectivity index (χ1n) is 11.3. The number of carbonyl (C=O) groups is 3. The molecule has 3 amide bonds. The maximum atomic E-state index is 12.8. The Morgan fingerprint density at radius 1 is 0.844 bits per heavy atom. The van der Waals surface area contributed by atoms with E-state index in [1.807, 2.05) is 36.9 Å². The minimum atomic E-state index is -0.201. The van der Waals surface area contributed by atoms with Gasteiger partial charge in [-0.2, -0.15) is 0 Å². The highest BCUT2D eigenvalue weighted by molar-refractivity contribution is 5.96. The Bertz CT molecular complexity index is 932. The fourth-order valence-corrected chi connectivity index (χ4v) is 3.53. The number of carbonyl (C=O) groups excluding carboxylic acids is 3. The molecular weight excluding hydrogens is 404 g/mol. The van der Waals surface area contributed by atoms with Crippen LogP contribution in [-0.4, -0.2) is 42.3 Å². The first-order valence-corrected chi connectivity index (χ1v) is 11.3. The summed E-state index contributed by atoms with van der Waals surface area (Å²) in [7, 11) is 0. The Hall–Kier alpha value is -3.35. The highest BCUT2D eigenvalue weighted by Gasteiger charge is 2.17. The molecule has 1 saturated heterocycles. The molecule has 7 heteroatoms. The van der Waals surface area contributed by atoms with Crippen molar-refractivity contribution in [3.05, 3.63) is 54.1 Å². The molecule has 1 aliphatic rings. The van der Waals surface area contributed by atoms with E-state index in [9.17, 15) is 14.4 Å². The Balaban J connectivity index is 1.51. The number of nitrogens with zero attached hydrogens (tertiary/aromatic N) is 1. The molecule has 0 aromatic heterocycles. The zero-order chi connectivity index (χ0) is 22.9. The van der Waals surface area contributed by atoms with Crippen molar-refractivity contribution in [2.24, 2.45) is 5.92 Å². The zero-order valence-electron chi connectivity index (χ0n) is 18.8. The minimum absolute atomic E-state index is 0.0460. The van der Waals surface area contributed by atoms with Crippen molar-refractivity contribution in [2.45, 2.75) is 39.5 Å². The van der Waals surface area contributed by atoms with Crippen LogP contribution in [0, 0.1) is 5.92 Å². The van der Waals surface area contributed by atoms with E-state index in [4.69, 9.17) is 0 Å². The Morgan fingerprint density at radius 2 is 1.47 bits per heavy atom. The van der Waals surface area contributed by atoms with E-state index in [1.165, 1.54) is 12.8 Å². The van der Waals surface area contributed by atoms with Crippen LogP contribution in [-0.2, 0) is 9.59 Å². The van der Waals surface area contributed by atoms with Gasteiger partial charge in [0, 0.05) is 41.6 Å². The number of amides is 3. The summed E-state index contributed by atoms with van der Waals surface area (Å²) in [6, 6.07) is 14.3. The monoisotopic (exact) mass is 436 g/mol. The van der Waals surface area contributed by atoms with Crippen LogP contribution in [0.5, 0.6) is 0 Å². The molecule has 170 valence electrons. The van der Waals surface area contributed by atoms with E-state index in [-0.39, 0.29) is 30.2 Å². The van der Waals surface area contributed by atoms with Gasteiger partial charge in [0.05, 0.1) is 6.54 Å². The lowest BCUT2D eigenvalue weighted by atomic mass is 10.1. The van der Waals surface area contributed by atoms with Crippen LogP contribution in [0.2, 0.25) is 0 Å². The highest BCUT2D eigenvalue weighted by Crippen LogP contribution is 2.17. The number of rotatable bonds is 7. The second-order valence-electron chi connectivity index (χ2n) is 8.41. The smallest absolute Gasteiger partial charge is 0.253 e. The summed E-state index contributed by atoms with van der Waals surface area (Å²) in [4.78, 5) is 38.8. The van der Waals surface area contributed by atoms with Gasteiger partial charge in [0.2, 0.25) is 11.8 Å². The number of likely N-dealkylation sites (tertiary alicyclic amines) is 1. The molecule has 7 nitrogen and oxygen atoms in total. The van der Waals surface area contributed by atoms with Crippen molar-refractivity contribution in [3.63, 3.8) is 0 Å². The molecule has 1 fully saturated rings. The predicted molar refractivity (Wildman–Crippen MR) is 128 cm³/mol. The summed E-state index contributed by atoms with van der Waals surface area (Å²) in [5.41, 5.74) is 2.69. The lowest BCUT2D eigenvalue weighted by Gasteiger charge is -2.20. The summed E-state index contributed by atoms with van der Waals surface area (Å²) in [6.45, 7) is 5.35. The van der Waals surface area contributed by atoms with E-state index in [2.05, 4.69) is 16.0 Å². The fourth-order valence-electron chi connectivity index (χ4n) is 3.53. The van der Waals surface area contributed by atoms with Gasteiger partial charge in [0.1, 0.15) is 0 Å². The SMILES string of the molecule is CC(C)C(=O)Nc1ccc(NC(=O)CNc2cccc(C(=O)N3CCCCCC3)c2)cc1. The predicted octanol–water partition coefficient (Wildman–Crippen LogP) is 4.35. The van der Waals surface area contributed by atoms with Crippen molar-refractivity contribution in [1.29, 1.82) is 0 Å². The van der Waals surface area contributed by atoms with Gasteiger partial charge in [-0.1, -0.05) is 32.8 Å². The van der Waals surface area contributed by atoms with Crippen molar-refractivity contribution in [2.75, 3.05) is 35.6 Å². The van der Waals surface area contributed by atoms with Gasteiger partial charge in [-0.25, -0.2) is 0 Å². The quantitative estimate of drug-likeness (QED) is 0.602. The number of anilines is 3. The molecule has 2 aromatic carbocycles. The molecule has 1 heterocycles. The average molecular weight is 437 g/mol. The molecule has 1 aliphatic heterocycles. The fraction of sp³-hybridized carbons (Fsp3) is 0.400. The van der Waals surface area contributed by atoms with Gasteiger partial charge in [0.25, 0.3) is 5.91 Å².